The molecule has 1 amide bonds. The molecule has 0 saturated heterocycles. The Morgan fingerprint density at radius 3 is 2.56 bits per heavy atom. The van der Waals surface area contributed by atoms with Crippen LogP contribution in [-0.2, 0) is 6.61 Å². The topological polar surface area (TPSA) is 103 Å². The normalized spacial score (nSPS) is 10.7. The van der Waals surface area contributed by atoms with Gasteiger partial charge in [0.15, 0.2) is 0 Å². The lowest BCUT2D eigenvalue weighted by molar-refractivity contribution is -0.384. The summed E-state index contributed by atoms with van der Waals surface area (Å²) < 4.78 is 12.6. The fourth-order valence-electron chi connectivity index (χ4n) is 2.62. The minimum atomic E-state index is -0.443. The van der Waals surface area contributed by atoms with Crippen molar-refractivity contribution >= 4 is 56.3 Å². The van der Waals surface area contributed by atoms with Crippen molar-refractivity contribution < 1.29 is 19.2 Å². The maximum absolute atomic E-state index is 12.3. The maximum atomic E-state index is 12.3. The molecule has 0 fully saturated rings. The molecule has 0 bridgehead atoms. The second-order valence-corrected chi connectivity index (χ2v) is 8.47. The van der Waals surface area contributed by atoms with Crippen molar-refractivity contribution in [1.29, 1.82) is 0 Å². The molecule has 0 aliphatic heterocycles. The molecule has 10 heteroatoms. The number of ether oxygens (including phenoxy) is 2. The van der Waals surface area contributed by atoms with Crippen molar-refractivity contribution in [2.45, 2.75) is 6.61 Å². The first kappa shape index (κ1) is 23.7. The summed E-state index contributed by atoms with van der Waals surface area (Å²) in [6.45, 7) is 0.263. The number of rotatable bonds is 8. The highest BCUT2D eigenvalue weighted by Crippen LogP contribution is 2.27. The zero-order valence-corrected chi connectivity index (χ0v) is 20.5. The highest BCUT2D eigenvalue weighted by Gasteiger charge is 2.09. The summed E-state index contributed by atoms with van der Waals surface area (Å²) in [7, 11) is 1.55. The number of hydrogen-bond acceptors (Lipinski definition) is 6. The molecule has 0 spiro atoms. The fourth-order valence-corrected chi connectivity index (χ4v) is 3.69. The predicted octanol–water partition coefficient (Wildman–Crippen LogP) is 5.31. The number of amides is 1. The van der Waals surface area contributed by atoms with E-state index in [9.17, 15) is 14.9 Å². The van der Waals surface area contributed by atoms with Crippen molar-refractivity contribution in [3.05, 3.63) is 95.5 Å². The maximum Gasteiger partial charge on any atom is 0.271 e. The van der Waals surface area contributed by atoms with Crippen molar-refractivity contribution in [3.63, 3.8) is 0 Å². The lowest BCUT2D eigenvalue weighted by atomic mass is 10.2. The van der Waals surface area contributed by atoms with Crippen molar-refractivity contribution in [1.82, 2.24) is 5.43 Å². The van der Waals surface area contributed by atoms with E-state index in [1.54, 1.807) is 55.6 Å². The third kappa shape index (κ3) is 6.26. The van der Waals surface area contributed by atoms with Crippen LogP contribution in [0.2, 0.25) is 0 Å². The van der Waals surface area contributed by atoms with Crippen LogP contribution in [0.4, 0.5) is 5.69 Å². The number of nitrogens with one attached hydrogen (secondary N) is 1. The van der Waals surface area contributed by atoms with Crippen LogP contribution < -0.4 is 14.9 Å². The molecule has 0 aliphatic carbocycles. The molecule has 0 aromatic heterocycles. The van der Waals surface area contributed by atoms with E-state index in [-0.39, 0.29) is 18.2 Å². The average Bonchev–Trinajstić information content (AvgIpc) is 2.79. The number of benzene rings is 3. The summed E-state index contributed by atoms with van der Waals surface area (Å²) in [5, 5.41) is 14.7. The molecule has 0 unspecified atom stereocenters. The molecule has 1 N–H and O–H groups in total. The molecule has 0 radical (unpaired) electrons. The summed E-state index contributed by atoms with van der Waals surface area (Å²) in [5.74, 6) is 0.879. The first-order valence-corrected chi connectivity index (χ1v) is 11.1. The number of hydrazone groups is 1. The molecule has 3 rings (SSSR count). The molecule has 32 heavy (non-hydrogen) atoms. The van der Waals surface area contributed by atoms with Crippen LogP contribution in [0.15, 0.2) is 70.2 Å². The van der Waals surface area contributed by atoms with Crippen LogP contribution in [0, 0.1) is 13.7 Å². The standard InChI is InChI=1S/C22H17BrIN3O5/c1-31-21-11-16(5-8-19(21)24)22(28)26-25-12-15-4-9-20(18(23)10-15)32-13-14-2-6-17(7-3-14)27(29)30/h2-12H,13H2,1H3,(H,26,28)/b25-12-. The van der Waals surface area contributed by atoms with Crippen LogP contribution in [0.1, 0.15) is 21.5 Å². The van der Waals surface area contributed by atoms with E-state index in [4.69, 9.17) is 9.47 Å². The SMILES string of the molecule is COc1cc(C(=O)N/N=C\c2ccc(OCc3ccc([N+](=O)[O-])cc3)c(Br)c2)ccc1I. The highest BCUT2D eigenvalue weighted by molar-refractivity contribution is 14.1. The Labute approximate surface area is 206 Å². The number of nitro benzene ring substituents is 1. The summed E-state index contributed by atoms with van der Waals surface area (Å²) in [5.41, 5.74) is 4.52. The lowest BCUT2D eigenvalue weighted by Gasteiger charge is -2.09. The first-order valence-electron chi connectivity index (χ1n) is 9.20. The smallest absolute Gasteiger partial charge is 0.271 e. The second-order valence-electron chi connectivity index (χ2n) is 6.45. The molecular formula is C22H17BrIN3O5. The molecule has 0 saturated carbocycles. The van der Waals surface area contributed by atoms with Gasteiger partial charge in [-0.15, -0.1) is 0 Å². The van der Waals surface area contributed by atoms with Gasteiger partial charge in [0.1, 0.15) is 18.1 Å². The largest absolute Gasteiger partial charge is 0.496 e. The van der Waals surface area contributed by atoms with Crippen LogP contribution in [0.5, 0.6) is 11.5 Å². The third-order valence-corrected chi connectivity index (χ3v) is 5.80. The van der Waals surface area contributed by atoms with Crippen LogP contribution in [0.25, 0.3) is 0 Å². The Hall–Kier alpha value is -2.99. The van der Waals surface area contributed by atoms with Gasteiger partial charge in [-0.05, 0) is 98.2 Å². The number of nitro groups is 1. The number of methoxy groups -OCH3 is 1. The molecule has 3 aromatic rings. The molecule has 0 aliphatic rings. The number of hydrogen-bond donors (Lipinski definition) is 1. The lowest BCUT2D eigenvalue weighted by Crippen LogP contribution is -2.17. The van der Waals surface area contributed by atoms with E-state index in [0.29, 0.717) is 21.5 Å². The van der Waals surface area contributed by atoms with Crippen LogP contribution >= 0.6 is 38.5 Å². The van der Waals surface area contributed by atoms with Crippen molar-refractivity contribution in [2.24, 2.45) is 5.10 Å². The number of carbonyl (C=O) groups excluding carboxylic acids is 1. The van der Waals surface area contributed by atoms with E-state index in [1.165, 1.54) is 18.3 Å². The van der Waals surface area contributed by atoms with Gasteiger partial charge >= 0.3 is 0 Å². The van der Waals surface area contributed by atoms with Gasteiger partial charge in [-0.2, -0.15) is 5.10 Å². The number of halogens is 2. The van der Waals surface area contributed by atoms with Crippen molar-refractivity contribution in [3.8, 4) is 11.5 Å². The number of carbonyl (C=O) groups is 1. The third-order valence-electron chi connectivity index (χ3n) is 4.29. The summed E-state index contributed by atoms with van der Waals surface area (Å²) in [6.07, 6.45) is 1.52. The number of non-ortho nitro benzene ring substituents is 1. The van der Waals surface area contributed by atoms with Gasteiger partial charge < -0.3 is 9.47 Å². The summed E-state index contributed by atoms with van der Waals surface area (Å²) in [4.78, 5) is 22.5. The fraction of sp³-hybridized carbons (Fsp3) is 0.0909. The summed E-state index contributed by atoms with van der Waals surface area (Å²) >= 11 is 5.58. The molecule has 0 heterocycles. The predicted molar refractivity (Wildman–Crippen MR) is 132 cm³/mol. The Balaban J connectivity index is 1.58. The van der Waals surface area contributed by atoms with Gasteiger partial charge in [0.2, 0.25) is 0 Å². The average molecular weight is 610 g/mol. The van der Waals surface area contributed by atoms with Crippen LogP contribution in [0.3, 0.4) is 0 Å². The van der Waals surface area contributed by atoms with E-state index in [1.807, 2.05) is 0 Å². The van der Waals surface area contributed by atoms with Crippen LogP contribution in [-0.4, -0.2) is 24.2 Å². The molecule has 3 aromatic carbocycles. The van der Waals surface area contributed by atoms with Gasteiger partial charge in [-0.1, -0.05) is 0 Å². The minimum Gasteiger partial charge on any atom is -0.496 e. The Morgan fingerprint density at radius 1 is 1.16 bits per heavy atom. The Kier molecular flexibility index (Phi) is 8.17. The van der Waals surface area contributed by atoms with Gasteiger partial charge in [0.25, 0.3) is 11.6 Å². The van der Waals surface area contributed by atoms with Gasteiger partial charge in [-0.3, -0.25) is 14.9 Å². The quantitative estimate of drug-likeness (QED) is 0.161. The van der Waals surface area contributed by atoms with E-state index >= 15 is 0 Å². The molecule has 164 valence electrons. The van der Waals surface area contributed by atoms with Crippen molar-refractivity contribution in [2.75, 3.05) is 7.11 Å². The molecular weight excluding hydrogens is 593 g/mol. The summed E-state index contributed by atoms with van der Waals surface area (Å²) in [6, 6.07) is 16.7. The Morgan fingerprint density at radius 2 is 1.91 bits per heavy atom. The second kappa shape index (κ2) is 11.0. The monoisotopic (exact) mass is 609 g/mol. The van der Waals surface area contributed by atoms with E-state index in [2.05, 4.69) is 49.0 Å². The highest BCUT2D eigenvalue weighted by atomic mass is 127. The first-order chi connectivity index (χ1) is 15.4. The van der Waals surface area contributed by atoms with Gasteiger partial charge in [0, 0.05) is 17.7 Å². The van der Waals surface area contributed by atoms with E-state index in [0.717, 1.165) is 14.7 Å². The van der Waals surface area contributed by atoms with E-state index < -0.39 is 4.92 Å². The van der Waals surface area contributed by atoms with Gasteiger partial charge in [0.05, 0.1) is 26.3 Å². The zero-order chi connectivity index (χ0) is 23.1. The minimum absolute atomic E-state index is 0.0341. The Bertz CT molecular complexity index is 1170. The molecule has 8 nitrogen and oxygen atoms in total. The zero-order valence-electron chi connectivity index (χ0n) is 16.7. The number of nitrogens with zero attached hydrogens (tertiary/aromatic N) is 2. The van der Waals surface area contributed by atoms with Gasteiger partial charge in [-0.25, -0.2) is 5.43 Å². The molecule has 0 atom stereocenters.